The summed E-state index contributed by atoms with van der Waals surface area (Å²) < 4.78 is 0. The van der Waals surface area contributed by atoms with Crippen molar-refractivity contribution in [2.75, 3.05) is 0 Å². The number of hydrogen-bond acceptors (Lipinski definition) is 1. The van der Waals surface area contributed by atoms with Gasteiger partial charge in [-0.3, -0.25) is 0 Å². The highest BCUT2D eigenvalue weighted by molar-refractivity contribution is 5.76. The van der Waals surface area contributed by atoms with Crippen molar-refractivity contribution in [1.29, 1.82) is 0 Å². The number of carbonyl (C=O) groups is 1. The van der Waals surface area contributed by atoms with E-state index in [0.717, 1.165) is 0 Å². The first-order chi connectivity index (χ1) is 6.51. The van der Waals surface area contributed by atoms with Crippen molar-refractivity contribution >= 4 is 5.78 Å². The molecule has 1 nitrogen and oxygen atoms in total. The zero-order valence-electron chi connectivity index (χ0n) is 10.3. The molecule has 0 aromatic carbocycles. The van der Waals surface area contributed by atoms with Gasteiger partial charge in [0.05, 0.1) is 0 Å². The van der Waals surface area contributed by atoms with Crippen LogP contribution < -0.4 is 0 Å². The first-order valence-corrected chi connectivity index (χ1v) is 5.68. The second-order valence-electron chi connectivity index (χ2n) is 4.29. The summed E-state index contributed by atoms with van der Waals surface area (Å²) >= 11 is 0. The van der Waals surface area contributed by atoms with Gasteiger partial charge in [-0.2, -0.15) is 0 Å². The quantitative estimate of drug-likeness (QED) is 0.587. The van der Waals surface area contributed by atoms with E-state index in [1.807, 2.05) is 0 Å². The summed E-state index contributed by atoms with van der Waals surface area (Å²) in [6, 6.07) is 0. The van der Waals surface area contributed by atoms with Gasteiger partial charge in [-0.15, -0.1) is 0 Å². The molecule has 0 amide bonds. The van der Waals surface area contributed by atoms with Gasteiger partial charge in [-0.05, 0) is 38.5 Å². The Morgan fingerprint density at radius 3 is 2.07 bits per heavy atom. The molecule has 0 heterocycles. The number of carbonyl (C=O) groups excluding carboxylic acids is 1. The van der Waals surface area contributed by atoms with E-state index in [-0.39, 0.29) is 5.78 Å². The molecular weight excluding hydrogens is 172 g/mol. The van der Waals surface area contributed by atoms with E-state index in [2.05, 4.69) is 33.8 Å². The fourth-order valence-corrected chi connectivity index (χ4v) is 1.65. The molecule has 0 radical (unpaired) electrons. The molecule has 0 aromatic rings. The number of rotatable bonds is 6. The van der Waals surface area contributed by atoms with E-state index in [9.17, 15) is 4.79 Å². The minimum Gasteiger partial charge on any atom is -0.300 e. The fourth-order valence-electron chi connectivity index (χ4n) is 1.65. The highest BCUT2D eigenvalue weighted by Gasteiger charge is 2.08. The summed E-state index contributed by atoms with van der Waals surface area (Å²) in [5, 5.41) is 0. The molecule has 0 aliphatic rings. The monoisotopic (exact) mass is 196 g/mol. The minimum atomic E-state index is 0.287. The van der Waals surface area contributed by atoms with E-state index >= 15 is 0 Å². The Morgan fingerprint density at radius 2 is 1.71 bits per heavy atom. The van der Waals surface area contributed by atoms with Crippen LogP contribution >= 0.6 is 0 Å². The lowest BCUT2D eigenvalue weighted by Gasteiger charge is -2.14. The summed E-state index contributed by atoms with van der Waals surface area (Å²) in [5.74, 6) is 1.38. The lowest BCUT2D eigenvalue weighted by atomic mass is 9.92. The molecule has 0 aromatic heterocycles. The van der Waals surface area contributed by atoms with Gasteiger partial charge in [0.2, 0.25) is 0 Å². The highest BCUT2D eigenvalue weighted by atomic mass is 16.1. The number of Topliss-reactive ketones (excluding diaryl/α,β-unsaturated/α-hetero) is 1. The van der Waals surface area contributed by atoms with Gasteiger partial charge in [-0.1, -0.05) is 32.4 Å². The van der Waals surface area contributed by atoms with Crippen LogP contribution in [-0.4, -0.2) is 5.78 Å². The maximum Gasteiger partial charge on any atom is 0.130 e. The van der Waals surface area contributed by atoms with Crippen molar-refractivity contribution in [2.45, 2.75) is 53.9 Å². The predicted octanol–water partition coefficient (Wildman–Crippen LogP) is 3.98. The van der Waals surface area contributed by atoms with Gasteiger partial charge in [0, 0.05) is 6.42 Å². The third kappa shape index (κ3) is 5.21. The van der Waals surface area contributed by atoms with Crippen LogP contribution in [0.5, 0.6) is 0 Å². The Labute approximate surface area is 88.6 Å². The normalized spacial score (nSPS) is 14.6. The second kappa shape index (κ2) is 6.80. The largest absolute Gasteiger partial charge is 0.300 e. The smallest absolute Gasteiger partial charge is 0.130 e. The Hall–Kier alpha value is -0.590. The average molecular weight is 196 g/mol. The van der Waals surface area contributed by atoms with Crippen LogP contribution in [0.4, 0.5) is 0 Å². The number of ketones is 1. The van der Waals surface area contributed by atoms with Crippen molar-refractivity contribution in [3.63, 3.8) is 0 Å². The Kier molecular flexibility index (Phi) is 6.52. The van der Waals surface area contributed by atoms with Crippen LogP contribution in [-0.2, 0) is 4.79 Å². The van der Waals surface area contributed by atoms with E-state index in [1.165, 1.54) is 18.4 Å². The molecule has 0 unspecified atom stereocenters. The van der Waals surface area contributed by atoms with Crippen molar-refractivity contribution in [1.82, 2.24) is 0 Å². The third-order valence-corrected chi connectivity index (χ3v) is 2.92. The van der Waals surface area contributed by atoms with E-state index in [1.54, 1.807) is 6.92 Å². The third-order valence-electron chi connectivity index (χ3n) is 2.92. The Bertz CT molecular complexity index is 199. The van der Waals surface area contributed by atoms with Gasteiger partial charge in [0.1, 0.15) is 5.78 Å². The highest BCUT2D eigenvalue weighted by Crippen LogP contribution is 2.19. The van der Waals surface area contributed by atoms with Gasteiger partial charge in [0.25, 0.3) is 0 Å². The molecule has 0 saturated carbocycles. The van der Waals surface area contributed by atoms with Crippen molar-refractivity contribution in [3.8, 4) is 0 Å². The molecule has 0 spiro atoms. The lowest BCUT2D eigenvalue weighted by Crippen LogP contribution is -2.04. The van der Waals surface area contributed by atoms with E-state index < -0.39 is 0 Å². The fraction of sp³-hybridized carbons (Fsp3) is 0.769. The van der Waals surface area contributed by atoms with E-state index in [0.29, 0.717) is 18.3 Å². The molecule has 0 aliphatic carbocycles. The molecule has 0 fully saturated rings. The van der Waals surface area contributed by atoms with Crippen LogP contribution in [0.2, 0.25) is 0 Å². The maximum absolute atomic E-state index is 11.0. The Balaban J connectivity index is 4.27. The van der Waals surface area contributed by atoms with Gasteiger partial charge in [-0.25, -0.2) is 0 Å². The van der Waals surface area contributed by atoms with Crippen LogP contribution in [0.15, 0.2) is 11.6 Å². The van der Waals surface area contributed by atoms with Crippen LogP contribution in [0.3, 0.4) is 0 Å². The zero-order valence-corrected chi connectivity index (χ0v) is 10.3. The van der Waals surface area contributed by atoms with Crippen molar-refractivity contribution in [3.05, 3.63) is 11.6 Å². The maximum atomic E-state index is 11.0. The van der Waals surface area contributed by atoms with Gasteiger partial charge < -0.3 is 4.79 Å². The van der Waals surface area contributed by atoms with Gasteiger partial charge in [0.15, 0.2) is 0 Å². The standard InChI is InChI=1S/C13H24O/c1-6-13(7-2)9-11(4)10(3)8-12(5)14/h9-10,13H,6-8H2,1-5H3/b11-9-/t10-/m0/s1. The molecule has 0 aliphatic heterocycles. The predicted molar refractivity (Wildman–Crippen MR) is 62.3 cm³/mol. The molecule has 0 N–H and O–H groups in total. The molecule has 0 bridgehead atoms. The first-order valence-electron chi connectivity index (χ1n) is 5.68. The summed E-state index contributed by atoms with van der Waals surface area (Å²) in [6.45, 7) is 10.4. The van der Waals surface area contributed by atoms with Gasteiger partial charge >= 0.3 is 0 Å². The molecule has 14 heavy (non-hydrogen) atoms. The summed E-state index contributed by atoms with van der Waals surface area (Å²) in [6.07, 6.45) is 5.41. The number of hydrogen-bond donors (Lipinski definition) is 0. The molecule has 82 valence electrons. The van der Waals surface area contributed by atoms with Crippen molar-refractivity contribution in [2.24, 2.45) is 11.8 Å². The summed E-state index contributed by atoms with van der Waals surface area (Å²) in [5.41, 5.74) is 1.37. The van der Waals surface area contributed by atoms with Crippen LogP contribution in [0, 0.1) is 11.8 Å². The average Bonchev–Trinajstić information content (AvgIpc) is 2.12. The first kappa shape index (κ1) is 13.4. The molecular formula is C13H24O. The molecule has 0 saturated heterocycles. The van der Waals surface area contributed by atoms with Crippen LogP contribution in [0.25, 0.3) is 0 Å². The summed E-state index contributed by atoms with van der Waals surface area (Å²) in [4.78, 5) is 11.0. The molecule has 0 rings (SSSR count). The van der Waals surface area contributed by atoms with E-state index in [4.69, 9.17) is 0 Å². The molecule has 1 atom stereocenters. The lowest BCUT2D eigenvalue weighted by molar-refractivity contribution is -0.117. The minimum absolute atomic E-state index is 0.287. The topological polar surface area (TPSA) is 17.1 Å². The second-order valence-corrected chi connectivity index (χ2v) is 4.29. The van der Waals surface area contributed by atoms with Crippen LogP contribution in [0.1, 0.15) is 53.9 Å². The van der Waals surface area contributed by atoms with Crippen molar-refractivity contribution < 1.29 is 4.79 Å². The zero-order chi connectivity index (χ0) is 11.1. The Morgan fingerprint density at radius 1 is 1.21 bits per heavy atom. The SMILES string of the molecule is CCC(/C=C(/C)[C@@H](C)CC(C)=O)CC. The number of allylic oxidation sites excluding steroid dienone is 2. The molecule has 1 heteroatoms. The summed E-state index contributed by atoms with van der Waals surface area (Å²) in [7, 11) is 0.